The molecule has 112 valence electrons. The average Bonchev–Trinajstić information content (AvgIpc) is 2.77. The minimum atomic E-state index is -0.336. The number of carbonyl (C=O) groups excluding carboxylic acids is 1. The molecule has 0 aliphatic heterocycles. The molecular weight excluding hydrogens is 273 g/mol. The molecule has 6 heteroatoms. The second kappa shape index (κ2) is 6.88. The maximum absolute atomic E-state index is 12.7. The number of amides is 1. The minimum absolute atomic E-state index is 0.0904. The summed E-state index contributed by atoms with van der Waals surface area (Å²) in [5.74, 6) is -0.0867. The molecule has 21 heavy (non-hydrogen) atoms. The Morgan fingerprint density at radius 1 is 1.38 bits per heavy atom. The summed E-state index contributed by atoms with van der Waals surface area (Å²) >= 11 is 0. The molecular formula is C15H18FN3O2. The van der Waals surface area contributed by atoms with E-state index in [-0.39, 0.29) is 18.3 Å². The molecule has 0 unspecified atom stereocenters. The highest BCUT2D eigenvalue weighted by Crippen LogP contribution is 2.10. The van der Waals surface area contributed by atoms with Gasteiger partial charge < -0.3 is 10.1 Å². The normalized spacial score (nSPS) is 10.4. The number of benzene rings is 1. The molecule has 1 amide bonds. The summed E-state index contributed by atoms with van der Waals surface area (Å²) in [5.41, 5.74) is 2.02. The van der Waals surface area contributed by atoms with Gasteiger partial charge in [-0.25, -0.2) is 4.39 Å². The van der Waals surface area contributed by atoms with Crippen LogP contribution in [0.4, 0.5) is 4.39 Å². The number of carbonyl (C=O) groups is 1. The fraction of sp³-hybridized carbons (Fsp3) is 0.333. The Bertz CT molecular complexity index is 588. The summed E-state index contributed by atoms with van der Waals surface area (Å²) in [6.45, 7) is 2.39. The van der Waals surface area contributed by atoms with Crippen molar-refractivity contribution < 1.29 is 13.9 Å². The highest BCUT2D eigenvalue weighted by molar-refractivity contribution is 5.77. The molecule has 0 atom stereocenters. The minimum Gasteiger partial charge on any atom is -0.484 e. The zero-order valence-corrected chi connectivity index (χ0v) is 12.1. The van der Waals surface area contributed by atoms with Crippen molar-refractivity contribution in [3.8, 4) is 5.75 Å². The van der Waals surface area contributed by atoms with Gasteiger partial charge in [-0.2, -0.15) is 5.10 Å². The molecule has 2 rings (SSSR count). The zero-order chi connectivity index (χ0) is 15.2. The quantitative estimate of drug-likeness (QED) is 0.879. The SMILES string of the molecule is Cc1cc(CCNC(=O)COc2ccc(F)cc2)nn1C. The largest absolute Gasteiger partial charge is 0.484 e. The third kappa shape index (κ3) is 4.59. The van der Waals surface area contributed by atoms with Crippen molar-refractivity contribution in [2.24, 2.45) is 7.05 Å². The Balaban J connectivity index is 1.69. The van der Waals surface area contributed by atoms with Crippen LogP contribution in [0.25, 0.3) is 0 Å². The maximum atomic E-state index is 12.7. The number of nitrogens with one attached hydrogen (secondary N) is 1. The zero-order valence-electron chi connectivity index (χ0n) is 12.1. The summed E-state index contributed by atoms with van der Waals surface area (Å²) in [6, 6.07) is 7.53. The van der Waals surface area contributed by atoms with Gasteiger partial charge in [0.2, 0.25) is 0 Å². The van der Waals surface area contributed by atoms with Gasteiger partial charge in [-0.1, -0.05) is 0 Å². The highest BCUT2D eigenvalue weighted by Gasteiger charge is 2.05. The van der Waals surface area contributed by atoms with E-state index in [9.17, 15) is 9.18 Å². The number of rotatable bonds is 6. The first-order valence-electron chi connectivity index (χ1n) is 6.69. The lowest BCUT2D eigenvalue weighted by Crippen LogP contribution is -2.30. The van der Waals surface area contributed by atoms with Crippen molar-refractivity contribution >= 4 is 5.91 Å². The third-order valence-electron chi connectivity index (χ3n) is 3.05. The molecule has 0 aliphatic rings. The standard InChI is InChI=1S/C15H18FN3O2/c1-11-9-13(18-19(11)2)7-8-17-15(20)10-21-14-5-3-12(16)4-6-14/h3-6,9H,7-8,10H2,1-2H3,(H,17,20). The van der Waals surface area contributed by atoms with Crippen LogP contribution in [-0.2, 0) is 18.3 Å². The molecule has 1 aromatic heterocycles. The van der Waals surface area contributed by atoms with Gasteiger partial charge >= 0.3 is 0 Å². The van der Waals surface area contributed by atoms with E-state index in [1.807, 2.05) is 20.0 Å². The topological polar surface area (TPSA) is 56.1 Å². The predicted octanol–water partition coefficient (Wildman–Crippen LogP) is 1.61. The lowest BCUT2D eigenvalue weighted by atomic mass is 10.3. The fourth-order valence-electron chi connectivity index (χ4n) is 1.82. The number of halogens is 1. The second-order valence-corrected chi connectivity index (χ2v) is 4.74. The molecule has 1 N–H and O–H groups in total. The molecule has 0 spiro atoms. The van der Waals surface area contributed by atoms with Gasteiger partial charge in [0.15, 0.2) is 6.61 Å². The summed E-state index contributed by atoms with van der Waals surface area (Å²) in [4.78, 5) is 11.6. The molecule has 0 saturated heterocycles. The van der Waals surface area contributed by atoms with Gasteiger partial charge in [-0.05, 0) is 37.3 Å². The number of nitrogens with zero attached hydrogens (tertiary/aromatic N) is 2. The van der Waals surface area contributed by atoms with Crippen LogP contribution >= 0.6 is 0 Å². The van der Waals surface area contributed by atoms with Crippen LogP contribution in [0.1, 0.15) is 11.4 Å². The fourth-order valence-corrected chi connectivity index (χ4v) is 1.82. The van der Waals surface area contributed by atoms with Gasteiger partial charge in [-0.3, -0.25) is 9.48 Å². The monoisotopic (exact) mass is 291 g/mol. The van der Waals surface area contributed by atoms with E-state index in [0.29, 0.717) is 18.7 Å². The smallest absolute Gasteiger partial charge is 0.257 e. The third-order valence-corrected chi connectivity index (χ3v) is 3.05. The van der Waals surface area contributed by atoms with Gasteiger partial charge in [-0.15, -0.1) is 0 Å². The first kappa shape index (κ1) is 15.0. The van der Waals surface area contributed by atoms with E-state index in [0.717, 1.165) is 11.4 Å². The van der Waals surface area contributed by atoms with Crippen LogP contribution in [0, 0.1) is 12.7 Å². The average molecular weight is 291 g/mol. The first-order valence-corrected chi connectivity index (χ1v) is 6.69. The van der Waals surface area contributed by atoms with Gasteiger partial charge in [0.1, 0.15) is 11.6 Å². The Morgan fingerprint density at radius 3 is 2.71 bits per heavy atom. The van der Waals surface area contributed by atoms with Gasteiger partial charge in [0.05, 0.1) is 5.69 Å². The van der Waals surface area contributed by atoms with Crippen molar-refractivity contribution in [1.82, 2.24) is 15.1 Å². The van der Waals surface area contributed by atoms with E-state index in [1.54, 1.807) is 4.68 Å². The summed E-state index contributed by atoms with van der Waals surface area (Å²) < 4.78 is 19.8. The van der Waals surface area contributed by atoms with Crippen molar-refractivity contribution in [3.05, 3.63) is 47.5 Å². The van der Waals surface area contributed by atoms with Crippen LogP contribution in [0.15, 0.2) is 30.3 Å². The molecule has 0 bridgehead atoms. The maximum Gasteiger partial charge on any atom is 0.257 e. The lowest BCUT2D eigenvalue weighted by Gasteiger charge is -2.06. The Labute approximate surface area is 122 Å². The van der Waals surface area contributed by atoms with E-state index < -0.39 is 0 Å². The van der Waals surface area contributed by atoms with Gasteiger partial charge in [0.25, 0.3) is 5.91 Å². The predicted molar refractivity (Wildman–Crippen MR) is 76.6 cm³/mol. The summed E-state index contributed by atoms with van der Waals surface area (Å²) in [5, 5.41) is 7.06. The molecule has 0 fully saturated rings. The molecule has 0 aliphatic carbocycles. The highest BCUT2D eigenvalue weighted by atomic mass is 19.1. The van der Waals surface area contributed by atoms with Crippen molar-refractivity contribution in [3.63, 3.8) is 0 Å². The molecule has 5 nitrogen and oxygen atoms in total. The number of hydrogen-bond donors (Lipinski definition) is 1. The van der Waals surface area contributed by atoms with E-state index >= 15 is 0 Å². The van der Waals surface area contributed by atoms with Crippen molar-refractivity contribution in [2.75, 3.05) is 13.2 Å². The van der Waals surface area contributed by atoms with E-state index in [4.69, 9.17) is 4.74 Å². The second-order valence-electron chi connectivity index (χ2n) is 4.74. The summed E-state index contributed by atoms with van der Waals surface area (Å²) in [6.07, 6.45) is 0.671. The summed E-state index contributed by atoms with van der Waals surface area (Å²) in [7, 11) is 1.88. The van der Waals surface area contributed by atoms with E-state index in [1.165, 1.54) is 24.3 Å². The number of ether oxygens (including phenoxy) is 1. The molecule has 2 aromatic rings. The Morgan fingerprint density at radius 2 is 2.10 bits per heavy atom. The van der Waals surface area contributed by atoms with Gasteiger partial charge in [0, 0.05) is 25.7 Å². The first-order chi connectivity index (χ1) is 10.0. The van der Waals surface area contributed by atoms with Crippen molar-refractivity contribution in [2.45, 2.75) is 13.3 Å². The Hall–Kier alpha value is -2.37. The number of hydrogen-bond acceptors (Lipinski definition) is 3. The van der Waals surface area contributed by atoms with Crippen LogP contribution in [0.2, 0.25) is 0 Å². The molecule has 0 radical (unpaired) electrons. The Kier molecular flexibility index (Phi) is 4.92. The van der Waals surface area contributed by atoms with E-state index in [2.05, 4.69) is 10.4 Å². The molecule has 0 saturated carbocycles. The van der Waals surface area contributed by atoms with Crippen LogP contribution in [-0.4, -0.2) is 28.8 Å². The van der Waals surface area contributed by atoms with Crippen LogP contribution in [0.5, 0.6) is 5.75 Å². The molecule has 1 heterocycles. The van der Waals surface area contributed by atoms with Crippen LogP contribution < -0.4 is 10.1 Å². The van der Waals surface area contributed by atoms with Crippen LogP contribution in [0.3, 0.4) is 0 Å². The number of aryl methyl sites for hydroxylation is 2. The lowest BCUT2D eigenvalue weighted by molar-refractivity contribution is -0.123. The molecule has 1 aromatic carbocycles. The van der Waals surface area contributed by atoms with Crippen molar-refractivity contribution in [1.29, 1.82) is 0 Å². The number of aromatic nitrogens is 2.